The minimum absolute atomic E-state index is 0.240. The van der Waals surface area contributed by atoms with Gasteiger partial charge in [-0.1, -0.05) is 17.7 Å². The first-order valence-corrected chi connectivity index (χ1v) is 7.66. The molecule has 7 heteroatoms. The summed E-state index contributed by atoms with van der Waals surface area (Å²) < 4.78 is 1.37. The lowest BCUT2D eigenvalue weighted by Crippen LogP contribution is -2.17. The molecule has 2 heterocycles. The van der Waals surface area contributed by atoms with Gasteiger partial charge < -0.3 is 5.32 Å². The first-order chi connectivity index (χ1) is 12.0. The number of hydrogen-bond acceptors (Lipinski definition) is 5. The Labute approximate surface area is 145 Å². The Morgan fingerprint density at radius 1 is 1.16 bits per heavy atom. The highest BCUT2D eigenvalue weighted by Gasteiger charge is 2.18. The molecular formula is C18H16N6O. The van der Waals surface area contributed by atoms with Gasteiger partial charge in [-0.2, -0.15) is 15.0 Å². The number of nitrogens with one attached hydrogen (secondary N) is 1. The van der Waals surface area contributed by atoms with Gasteiger partial charge in [0.05, 0.1) is 6.20 Å². The van der Waals surface area contributed by atoms with E-state index in [1.807, 2.05) is 39.0 Å². The van der Waals surface area contributed by atoms with E-state index in [9.17, 15) is 10.1 Å². The summed E-state index contributed by atoms with van der Waals surface area (Å²) in [4.78, 5) is 21.2. The number of amides is 1. The van der Waals surface area contributed by atoms with Crippen LogP contribution in [0.25, 0.3) is 5.95 Å². The third kappa shape index (κ3) is 3.38. The third-order valence-corrected chi connectivity index (χ3v) is 3.56. The minimum Gasteiger partial charge on any atom is -0.305 e. The van der Waals surface area contributed by atoms with Crippen molar-refractivity contribution >= 4 is 11.7 Å². The number of anilines is 1. The molecule has 0 aliphatic heterocycles. The molecule has 0 fully saturated rings. The van der Waals surface area contributed by atoms with Gasteiger partial charge in [-0.3, -0.25) is 4.79 Å². The zero-order valence-electron chi connectivity index (χ0n) is 14.1. The average molecular weight is 332 g/mol. The highest BCUT2D eigenvalue weighted by atomic mass is 16.1. The summed E-state index contributed by atoms with van der Waals surface area (Å²) in [6.45, 7) is 5.60. The number of aryl methyl sites for hydroxylation is 3. The fourth-order valence-electron chi connectivity index (χ4n) is 2.47. The molecule has 7 nitrogen and oxygen atoms in total. The second-order valence-electron chi connectivity index (χ2n) is 5.70. The maximum Gasteiger partial charge on any atom is 0.256 e. The van der Waals surface area contributed by atoms with Crippen LogP contribution in [-0.4, -0.2) is 25.7 Å². The predicted molar refractivity (Wildman–Crippen MR) is 92.5 cm³/mol. The molecule has 0 aliphatic carbocycles. The molecule has 0 spiro atoms. The van der Waals surface area contributed by atoms with Crippen molar-refractivity contribution in [3.8, 4) is 12.0 Å². The minimum atomic E-state index is -0.327. The van der Waals surface area contributed by atoms with Crippen molar-refractivity contribution in [3.05, 3.63) is 64.6 Å². The second-order valence-corrected chi connectivity index (χ2v) is 5.70. The van der Waals surface area contributed by atoms with Gasteiger partial charge in [-0.25, -0.2) is 9.97 Å². The van der Waals surface area contributed by atoms with Gasteiger partial charge >= 0.3 is 0 Å². The van der Waals surface area contributed by atoms with Crippen LogP contribution in [0, 0.1) is 32.1 Å². The van der Waals surface area contributed by atoms with Gasteiger partial charge in [0.15, 0.2) is 5.82 Å². The number of hydrogen-bond donors (Lipinski definition) is 1. The molecule has 25 heavy (non-hydrogen) atoms. The SMILES string of the molecule is Cc1cccc(C(=O)Nc2c(C#N)cnn2-c2nc(C)cc(C)n2)c1. The Balaban J connectivity index is 2.02. The molecule has 0 aliphatic rings. The first kappa shape index (κ1) is 16.3. The Bertz CT molecular complexity index is 979. The van der Waals surface area contributed by atoms with Gasteiger partial charge in [0, 0.05) is 17.0 Å². The zero-order valence-corrected chi connectivity index (χ0v) is 14.1. The monoisotopic (exact) mass is 332 g/mol. The van der Waals surface area contributed by atoms with E-state index in [1.165, 1.54) is 10.9 Å². The lowest BCUT2D eigenvalue weighted by atomic mass is 10.1. The van der Waals surface area contributed by atoms with E-state index < -0.39 is 0 Å². The standard InChI is InChI=1S/C18H16N6O/c1-11-5-4-6-14(7-11)17(25)23-16-15(9-19)10-20-24(16)18-21-12(2)8-13(3)22-18/h4-8,10H,1-3H3,(H,23,25). The molecule has 3 rings (SSSR count). The number of nitrogens with zero attached hydrogens (tertiary/aromatic N) is 5. The number of carbonyl (C=O) groups excluding carboxylic acids is 1. The summed E-state index contributed by atoms with van der Waals surface area (Å²) in [5, 5.41) is 16.2. The fourth-order valence-corrected chi connectivity index (χ4v) is 2.47. The van der Waals surface area contributed by atoms with E-state index in [4.69, 9.17) is 0 Å². The predicted octanol–water partition coefficient (Wildman–Crippen LogP) is 2.71. The lowest BCUT2D eigenvalue weighted by molar-refractivity contribution is 0.102. The van der Waals surface area contributed by atoms with Crippen LogP contribution in [0.1, 0.15) is 32.9 Å². The topological polar surface area (TPSA) is 96.5 Å². The largest absolute Gasteiger partial charge is 0.305 e. The van der Waals surface area contributed by atoms with Crippen molar-refractivity contribution in [1.82, 2.24) is 19.7 Å². The van der Waals surface area contributed by atoms with Crippen LogP contribution >= 0.6 is 0 Å². The van der Waals surface area contributed by atoms with Crippen molar-refractivity contribution in [2.24, 2.45) is 0 Å². The summed E-state index contributed by atoms with van der Waals surface area (Å²) in [7, 11) is 0. The summed E-state index contributed by atoms with van der Waals surface area (Å²) >= 11 is 0. The zero-order chi connectivity index (χ0) is 18.0. The second kappa shape index (κ2) is 6.53. The molecule has 1 N–H and O–H groups in total. The molecule has 1 amide bonds. The summed E-state index contributed by atoms with van der Waals surface area (Å²) in [5.41, 5.74) is 3.25. The van der Waals surface area contributed by atoms with Crippen molar-refractivity contribution in [2.75, 3.05) is 5.32 Å². The van der Waals surface area contributed by atoms with E-state index in [1.54, 1.807) is 18.2 Å². The van der Waals surface area contributed by atoms with Crippen LogP contribution in [-0.2, 0) is 0 Å². The number of benzene rings is 1. The van der Waals surface area contributed by atoms with E-state index >= 15 is 0 Å². The molecule has 0 radical (unpaired) electrons. The number of nitriles is 1. The summed E-state index contributed by atoms with van der Waals surface area (Å²) in [5.74, 6) is 0.226. The quantitative estimate of drug-likeness (QED) is 0.795. The van der Waals surface area contributed by atoms with Crippen LogP contribution in [0.3, 0.4) is 0 Å². The van der Waals surface area contributed by atoms with Gasteiger partial charge in [-0.05, 0) is 39.0 Å². The van der Waals surface area contributed by atoms with Crippen molar-refractivity contribution in [1.29, 1.82) is 5.26 Å². The molecular weight excluding hydrogens is 316 g/mol. The molecule has 0 atom stereocenters. The van der Waals surface area contributed by atoms with E-state index in [-0.39, 0.29) is 17.3 Å². The van der Waals surface area contributed by atoms with Crippen LogP contribution in [0.5, 0.6) is 0 Å². The smallest absolute Gasteiger partial charge is 0.256 e. The Hall–Kier alpha value is -3.53. The van der Waals surface area contributed by atoms with E-state index in [0.29, 0.717) is 11.5 Å². The van der Waals surface area contributed by atoms with Gasteiger partial charge in [0.2, 0.25) is 0 Å². The number of carbonyl (C=O) groups is 1. The van der Waals surface area contributed by atoms with Crippen molar-refractivity contribution in [3.63, 3.8) is 0 Å². The number of rotatable bonds is 3. The lowest BCUT2D eigenvalue weighted by Gasteiger charge is -2.09. The molecule has 0 unspecified atom stereocenters. The fraction of sp³-hybridized carbons (Fsp3) is 0.167. The molecule has 2 aromatic heterocycles. The highest BCUT2D eigenvalue weighted by molar-refractivity contribution is 6.04. The molecule has 124 valence electrons. The number of aromatic nitrogens is 4. The molecule has 0 bridgehead atoms. The van der Waals surface area contributed by atoms with Gasteiger partial charge in [0.25, 0.3) is 11.9 Å². The first-order valence-electron chi connectivity index (χ1n) is 7.66. The highest BCUT2D eigenvalue weighted by Crippen LogP contribution is 2.19. The van der Waals surface area contributed by atoms with Crippen LogP contribution < -0.4 is 5.32 Å². The molecule has 0 saturated carbocycles. The maximum atomic E-state index is 12.5. The normalized spacial score (nSPS) is 10.3. The Morgan fingerprint density at radius 3 is 2.52 bits per heavy atom. The Kier molecular flexibility index (Phi) is 4.27. The summed E-state index contributed by atoms with van der Waals surface area (Å²) in [6, 6.07) is 11.1. The van der Waals surface area contributed by atoms with Crippen LogP contribution in [0.4, 0.5) is 5.82 Å². The van der Waals surface area contributed by atoms with Crippen LogP contribution in [0.15, 0.2) is 36.5 Å². The van der Waals surface area contributed by atoms with E-state index in [0.717, 1.165) is 17.0 Å². The van der Waals surface area contributed by atoms with Crippen molar-refractivity contribution in [2.45, 2.75) is 20.8 Å². The molecule has 0 saturated heterocycles. The molecule has 1 aromatic carbocycles. The van der Waals surface area contributed by atoms with Crippen molar-refractivity contribution < 1.29 is 4.79 Å². The van der Waals surface area contributed by atoms with Crippen LogP contribution in [0.2, 0.25) is 0 Å². The summed E-state index contributed by atoms with van der Waals surface area (Å²) in [6.07, 6.45) is 1.38. The average Bonchev–Trinajstić information content (AvgIpc) is 2.96. The molecule has 3 aromatic rings. The van der Waals surface area contributed by atoms with Gasteiger partial charge in [0.1, 0.15) is 11.6 Å². The Morgan fingerprint density at radius 2 is 1.88 bits per heavy atom. The van der Waals surface area contributed by atoms with E-state index in [2.05, 4.69) is 20.4 Å². The third-order valence-electron chi connectivity index (χ3n) is 3.56. The maximum absolute atomic E-state index is 12.5. The van der Waals surface area contributed by atoms with Gasteiger partial charge in [-0.15, -0.1) is 0 Å².